The van der Waals surface area contributed by atoms with Gasteiger partial charge in [0.1, 0.15) is 5.70 Å². The maximum atomic E-state index is 12.7. The van der Waals surface area contributed by atoms with Crippen molar-refractivity contribution in [2.45, 2.75) is 0 Å². The van der Waals surface area contributed by atoms with Gasteiger partial charge in [-0.25, -0.2) is 5.43 Å². The third kappa shape index (κ3) is 6.04. The standard InChI is InChI=1S/C23H17Cl2N3O2/c24-19-12-10-16(11-13-19)15-26-28-23(30)21(14-18-8-4-5-9-20(18)25)27-22(29)17-6-2-1-3-7-17/h1-15H,(H,27,29)(H,28,30)/b21-14+,26-15+. The van der Waals surface area contributed by atoms with E-state index in [-0.39, 0.29) is 5.70 Å². The summed E-state index contributed by atoms with van der Waals surface area (Å²) in [5, 5.41) is 7.62. The Labute approximate surface area is 184 Å². The van der Waals surface area contributed by atoms with Crippen molar-refractivity contribution in [2.24, 2.45) is 5.10 Å². The van der Waals surface area contributed by atoms with Crippen molar-refractivity contribution in [3.63, 3.8) is 0 Å². The van der Waals surface area contributed by atoms with Gasteiger partial charge in [-0.2, -0.15) is 5.10 Å². The summed E-state index contributed by atoms with van der Waals surface area (Å²) >= 11 is 12.0. The molecule has 0 heterocycles. The predicted molar refractivity (Wildman–Crippen MR) is 121 cm³/mol. The van der Waals surface area contributed by atoms with Crippen LogP contribution in [0.2, 0.25) is 10.0 Å². The molecule has 0 spiro atoms. The van der Waals surface area contributed by atoms with E-state index in [9.17, 15) is 9.59 Å². The maximum Gasteiger partial charge on any atom is 0.287 e. The molecule has 0 saturated carbocycles. The van der Waals surface area contributed by atoms with Crippen molar-refractivity contribution in [1.82, 2.24) is 10.7 Å². The Bertz CT molecular complexity index is 1090. The van der Waals surface area contributed by atoms with Crippen LogP contribution in [0.1, 0.15) is 21.5 Å². The number of carbonyl (C=O) groups is 2. The van der Waals surface area contributed by atoms with Gasteiger partial charge in [0.15, 0.2) is 0 Å². The average molecular weight is 438 g/mol. The lowest BCUT2D eigenvalue weighted by Gasteiger charge is -2.09. The first-order chi connectivity index (χ1) is 14.5. The lowest BCUT2D eigenvalue weighted by molar-refractivity contribution is -0.117. The molecular formula is C23H17Cl2N3O2. The molecule has 0 bridgehead atoms. The van der Waals surface area contributed by atoms with Crippen molar-refractivity contribution in [1.29, 1.82) is 0 Å². The van der Waals surface area contributed by atoms with E-state index in [4.69, 9.17) is 23.2 Å². The van der Waals surface area contributed by atoms with Gasteiger partial charge in [-0.3, -0.25) is 9.59 Å². The number of hydrogen-bond donors (Lipinski definition) is 2. The quantitative estimate of drug-likeness (QED) is 0.326. The Morgan fingerprint density at radius 3 is 2.20 bits per heavy atom. The lowest BCUT2D eigenvalue weighted by atomic mass is 10.1. The van der Waals surface area contributed by atoms with Crippen LogP contribution in [0.25, 0.3) is 6.08 Å². The molecule has 7 heteroatoms. The topological polar surface area (TPSA) is 70.6 Å². The highest BCUT2D eigenvalue weighted by Crippen LogP contribution is 2.18. The van der Waals surface area contributed by atoms with Gasteiger partial charge in [0.05, 0.1) is 6.21 Å². The van der Waals surface area contributed by atoms with Crippen LogP contribution in [0, 0.1) is 0 Å². The largest absolute Gasteiger partial charge is 0.317 e. The molecule has 30 heavy (non-hydrogen) atoms. The smallest absolute Gasteiger partial charge is 0.287 e. The molecule has 0 atom stereocenters. The van der Waals surface area contributed by atoms with Gasteiger partial charge in [-0.1, -0.05) is 71.7 Å². The van der Waals surface area contributed by atoms with Crippen molar-refractivity contribution < 1.29 is 9.59 Å². The lowest BCUT2D eigenvalue weighted by Crippen LogP contribution is -2.32. The Balaban J connectivity index is 1.81. The molecule has 2 N–H and O–H groups in total. The van der Waals surface area contributed by atoms with Crippen LogP contribution in [-0.2, 0) is 4.79 Å². The van der Waals surface area contributed by atoms with E-state index in [1.165, 1.54) is 12.3 Å². The summed E-state index contributed by atoms with van der Waals surface area (Å²) < 4.78 is 0. The summed E-state index contributed by atoms with van der Waals surface area (Å²) in [6, 6.07) is 22.5. The number of nitrogens with one attached hydrogen (secondary N) is 2. The highest BCUT2D eigenvalue weighted by molar-refractivity contribution is 6.32. The minimum Gasteiger partial charge on any atom is -0.317 e. The van der Waals surface area contributed by atoms with Crippen LogP contribution in [0.4, 0.5) is 0 Å². The van der Waals surface area contributed by atoms with E-state index in [1.54, 1.807) is 78.9 Å². The SMILES string of the molecule is O=C(N/N=C/c1ccc(Cl)cc1)/C(=C\c1ccccc1Cl)NC(=O)c1ccccc1. The number of halogens is 2. The summed E-state index contributed by atoms with van der Waals surface area (Å²) in [6.07, 6.45) is 2.97. The van der Waals surface area contributed by atoms with E-state index in [0.717, 1.165) is 5.56 Å². The van der Waals surface area contributed by atoms with Crippen LogP contribution in [0.15, 0.2) is 89.7 Å². The molecule has 5 nitrogen and oxygen atoms in total. The van der Waals surface area contributed by atoms with Gasteiger partial charge >= 0.3 is 0 Å². The first kappa shape index (κ1) is 21.3. The number of hydrogen-bond acceptors (Lipinski definition) is 3. The van der Waals surface area contributed by atoms with Gasteiger partial charge in [0, 0.05) is 15.6 Å². The van der Waals surface area contributed by atoms with E-state index in [1.807, 2.05) is 0 Å². The van der Waals surface area contributed by atoms with E-state index >= 15 is 0 Å². The second-order valence-electron chi connectivity index (χ2n) is 6.15. The van der Waals surface area contributed by atoms with Crippen LogP contribution in [0.5, 0.6) is 0 Å². The fraction of sp³-hybridized carbons (Fsp3) is 0. The van der Waals surface area contributed by atoms with E-state index < -0.39 is 11.8 Å². The Morgan fingerprint density at radius 2 is 1.50 bits per heavy atom. The van der Waals surface area contributed by atoms with Crippen molar-refractivity contribution in [3.05, 3.63) is 111 Å². The van der Waals surface area contributed by atoms with Crippen LogP contribution in [-0.4, -0.2) is 18.0 Å². The van der Waals surface area contributed by atoms with Gasteiger partial charge in [0.25, 0.3) is 11.8 Å². The molecule has 2 amide bonds. The minimum absolute atomic E-state index is 0.00482. The molecule has 0 aliphatic rings. The number of rotatable bonds is 6. The number of amides is 2. The zero-order valence-corrected chi connectivity index (χ0v) is 17.2. The normalized spacial score (nSPS) is 11.3. The van der Waals surface area contributed by atoms with E-state index in [0.29, 0.717) is 21.2 Å². The number of hydrazone groups is 1. The molecule has 0 aliphatic heterocycles. The Hall–Kier alpha value is -3.41. The summed E-state index contributed by atoms with van der Waals surface area (Å²) in [4.78, 5) is 25.2. The zero-order valence-electron chi connectivity index (χ0n) is 15.7. The van der Waals surface area contributed by atoms with Crippen LogP contribution in [0.3, 0.4) is 0 Å². The second-order valence-corrected chi connectivity index (χ2v) is 6.99. The third-order valence-corrected chi connectivity index (χ3v) is 4.58. The predicted octanol–water partition coefficient (Wildman–Crippen LogP) is 4.91. The molecule has 0 saturated heterocycles. The van der Waals surface area contributed by atoms with Gasteiger partial charge < -0.3 is 5.32 Å². The molecular weight excluding hydrogens is 421 g/mol. The zero-order chi connectivity index (χ0) is 21.3. The average Bonchev–Trinajstić information content (AvgIpc) is 2.76. The second kappa shape index (κ2) is 10.4. The van der Waals surface area contributed by atoms with Crippen molar-refractivity contribution in [2.75, 3.05) is 0 Å². The monoisotopic (exact) mass is 437 g/mol. The summed E-state index contributed by atoms with van der Waals surface area (Å²) in [6.45, 7) is 0. The fourth-order valence-electron chi connectivity index (χ4n) is 2.46. The third-order valence-electron chi connectivity index (χ3n) is 3.98. The number of carbonyl (C=O) groups excluding carboxylic acids is 2. The van der Waals surface area contributed by atoms with E-state index in [2.05, 4.69) is 15.8 Å². The summed E-state index contributed by atoms with van der Waals surface area (Å²) in [5.41, 5.74) is 4.17. The molecule has 0 fully saturated rings. The van der Waals surface area contributed by atoms with Crippen LogP contribution < -0.4 is 10.7 Å². The number of benzene rings is 3. The molecule has 3 rings (SSSR count). The molecule has 0 unspecified atom stereocenters. The van der Waals surface area contributed by atoms with Crippen molar-refractivity contribution in [3.8, 4) is 0 Å². The summed E-state index contributed by atoms with van der Waals surface area (Å²) in [5.74, 6) is -1.02. The first-order valence-corrected chi connectivity index (χ1v) is 9.70. The first-order valence-electron chi connectivity index (χ1n) is 8.94. The molecule has 3 aromatic rings. The molecule has 0 aliphatic carbocycles. The minimum atomic E-state index is -0.593. The van der Waals surface area contributed by atoms with Gasteiger partial charge in [-0.15, -0.1) is 0 Å². The van der Waals surface area contributed by atoms with Crippen molar-refractivity contribution >= 4 is 47.3 Å². The Kier molecular flexibility index (Phi) is 7.38. The maximum absolute atomic E-state index is 12.7. The Morgan fingerprint density at radius 1 is 0.833 bits per heavy atom. The van der Waals surface area contributed by atoms with Gasteiger partial charge in [0.2, 0.25) is 0 Å². The molecule has 0 radical (unpaired) electrons. The number of nitrogens with zero attached hydrogens (tertiary/aromatic N) is 1. The molecule has 0 aromatic heterocycles. The van der Waals surface area contributed by atoms with Gasteiger partial charge in [-0.05, 0) is 47.5 Å². The van der Waals surface area contributed by atoms with Crippen LogP contribution >= 0.6 is 23.2 Å². The highest BCUT2D eigenvalue weighted by atomic mass is 35.5. The summed E-state index contributed by atoms with van der Waals surface area (Å²) in [7, 11) is 0. The highest BCUT2D eigenvalue weighted by Gasteiger charge is 2.14. The molecule has 150 valence electrons. The fourth-order valence-corrected chi connectivity index (χ4v) is 2.78. The molecule has 3 aromatic carbocycles.